The first-order valence-corrected chi connectivity index (χ1v) is 8.71. The zero-order valence-corrected chi connectivity index (χ0v) is 12.7. The molecule has 0 aromatic heterocycles. The van der Waals surface area contributed by atoms with Crippen LogP contribution in [-0.2, 0) is 13.6 Å². The van der Waals surface area contributed by atoms with Crippen LogP contribution in [-0.4, -0.2) is 27.6 Å². The summed E-state index contributed by atoms with van der Waals surface area (Å²) in [7, 11) is -2.05. The molecule has 0 N–H and O–H groups in total. The molecule has 0 atom stereocenters. The fourth-order valence-corrected chi connectivity index (χ4v) is 4.73. The molecule has 4 heteroatoms. The summed E-state index contributed by atoms with van der Waals surface area (Å²) >= 11 is 0. The lowest BCUT2D eigenvalue weighted by atomic mass is 10.1. The van der Waals surface area contributed by atoms with E-state index in [0.29, 0.717) is 25.2 Å². The molecule has 0 rings (SSSR count). The number of rotatable bonds is 10. The van der Waals surface area contributed by atoms with Crippen molar-refractivity contribution in [2.24, 2.45) is 0 Å². The van der Waals surface area contributed by atoms with E-state index < -0.39 is 8.56 Å². The van der Waals surface area contributed by atoms with E-state index in [9.17, 15) is 4.79 Å². The molecule has 17 heavy (non-hydrogen) atoms. The number of hydrogen-bond acceptors (Lipinski definition) is 3. The molecular weight excluding hydrogens is 232 g/mol. The third-order valence-corrected chi connectivity index (χ3v) is 6.61. The molecule has 100 valence electrons. The van der Waals surface area contributed by atoms with Gasteiger partial charge in [0.25, 0.3) is 0 Å². The van der Waals surface area contributed by atoms with Crippen LogP contribution in [0.15, 0.2) is 12.2 Å². The average Bonchev–Trinajstić information content (AvgIpc) is 2.29. The molecule has 0 bridgehead atoms. The van der Waals surface area contributed by atoms with E-state index in [1.807, 2.05) is 13.8 Å². The van der Waals surface area contributed by atoms with Crippen molar-refractivity contribution in [2.75, 3.05) is 13.2 Å². The summed E-state index contributed by atoms with van der Waals surface area (Å²) in [5.74, 6) is 0.150. The molecule has 0 radical (unpaired) electrons. The van der Waals surface area contributed by atoms with Gasteiger partial charge in [0, 0.05) is 19.6 Å². The molecule has 0 spiro atoms. The van der Waals surface area contributed by atoms with Gasteiger partial charge in [-0.25, -0.2) is 0 Å². The zero-order chi connectivity index (χ0) is 13.3. The van der Waals surface area contributed by atoms with Crippen LogP contribution < -0.4 is 0 Å². The number of Topliss-reactive ketones (excluding diaryl/α,β-unsaturated/α-hetero) is 1. The van der Waals surface area contributed by atoms with Gasteiger partial charge in [0.2, 0.25) is 0 Å². The summed E-state index contributed by atoms with van der Waals surface area (Å²) in [4.78, 5) is 11.5. The zero-order valence-electron chi connectivity index (χ0n) is 11.7. The van der Waals surface area contributed by atoms with Crippen LogP contribution in [0.4, 0.5) is 0 Å². The van der Waals surface area contributed by atoms with Gasteiger partial charge >= 0.3 is 8.56 Å². The van der Waals surface area contributed by atoms with Crippen LogP contribution in [0.5, 0.6) is 0 Å². The molecule has 0 fully saturated rings. The maximum atomic E-state index is 11.5. The molecule has 0 amide bonds. The summed E-state index contributed by atoms with van der Waals surface area (Å²) in [6, 6.07) is 1.83. The van der Waals surface area contributed by atoms with Gasteiger partial charge < -0.3 is 8.85 Å². The first-order chi connectivity index (χ1) is 8.01. The summed E-state index contributed by atoms with van der Waals surface area (Å²) in [5.41, 5.74) is 0.640. The second-order valence-corrected chi connectivity index (χ2v) is 7.79. The van der Waals surface area contributed by atoms with E-state index >= 15 is 0 Å². The van der Waals surface area contributed by atoms with Crippen LogP contribution in [0.3, 0.4) is 0 Å². The predicted molar refractivity (Wildman–Crippen MR) is 73.3 cm³/mol. The maximum Gasteiger partial charge on any atom is 0.337 e. The normalized spacial score (nSPS) is 11.5. The Morgan fingerprint density at radius 1 is 1.18 bits per heavy atom. The standard InChI is InChI=1S/C13H26O3Si/c1-6-15-17(8-3,16-7-2)11-9-10-13(14)12(4)5/h4,6-11H2,1-3,5H3. The van der Waals surface area contributed by atoms with Crippen LogP contribution in [0, 0.1) is 0 Å². The van der Waals surface area contributed by atoms with Crippen molar-refractivity contribution >= 4 is 14.3 Å². The Bertz CT molecular complexity index is 245. The predicted octanol–water partition coefficient (Wildman–Crippen LogP) is 3.45. The van der Waals surface area contributed by atoms with E-state index in [1.165, 1.54) is 0 Å². The second kappa shape index (κ2) is 8.61. The van der Waals surface area contributed by atoms with E-state index in [2.05, 4.69) is 13.5 Å². The van der Waals surface area contributed by atoms with E-state index in [4.69, 9.17) is 8.85 Å². The number of allylic oxidation sites excluding steroid dienone is 1. The van der Waals surface area contributed by atoms with Crippen molar-refractivity contribution < 1.29 is 13.6 Å². The van der Waals surface area contributed by atoms with Gasteiger partial charge in [-0.1, -0.05) is 13.5 Å². The van der Waals surface area contributed by atoms with Gasteiger partial charge in [-0.05, 0) is 44.9 Å². The molecule has 0 aliphatic rings. The Morgan fingerprint density at radius 2 is 1.71 bits per heavy atom. The molecule has 0 saturated carbocycles. The highest BCUT2D eigenvalue weighted by Gasteiger charge is 2.34. The third-order valence-electron chi connectivity index (χ3n) is 2.79. The Hall–Kier alpha value is -0.453. The lowest BCUT2D eigenvalue weighted by Gasteiger charge is -2.28. The molecule has 0 unspecified atom stereocenters. The van der Waals surface area contributed by atoms with Gasteiger partial charge in [-0.2, -0.15) is 0 Å². The van der Waals surface area contributed by atoms with Crippen LogP contribution in [0.25, 0.3) is 0 Å². The summed E-state index contributed by atoms with van der Waals surface area (Å²) in [5, 5.41) is 0. The van der Waals surface area contributed by atoms with Gasteiger partial charge in [-0.15, -0.1) is 0 Å². The third kappa shape index (κ3) is 6.15. The minimum atomic E-state index is -2.05. The molecule has 0 aromatic rings. The largest absolute Gasteiger partial charge is 0.394 e. The van der Waals surface area contributed by atoms with Crippen molar-refractivity contribution in [1.29, 1.82) is 0 Å². The lowest BCUT2D eigenvalue weighted by Crippen LogP contribution is -2.41. The first-order valence-electron chi connectivity index (χ1n) is 6.48. The Morgan fingerprint density at radius 3 is 2.06 bits per heavy atom. The highest BCUT2D eigenvalue weighted by molar-refractivity contribution is 6.67. The Kier molecular flexibility index (Phi) is 8.38. The quantitative estimate of drug-likeness (QED) is 0.445. The minimum absolute atomic E-state index is 0.150. The molecule has 0 saturated heterocycles. The van der Waals surface area contributed by atoms with Crippen molar-refractivity contribution in [1.82, 2.24) is 0 Å². The average molecular weight is 258 g/mol. The second-order valence-electron chi connectivity index (χ2n) is 4.19. The molecule has 3 nitrogen and oxygen atoms in total. The number of carbonyl (C=O) groups is 1. The van der Waals surface area contributed by atoms with Gasteiger partial charge in [0.05, 0.1) is 0 Å². The molecule has 0 aromatic carbocycles. The summed E-state index contributed by atoms with van der Waals surface area (Å²) < 4.78 is 11.7. The van der Waals surface area contributed by atoms with Crippen molar-refractivity contribution in [3.05, 3.63) is 12.2 Å². The summed E-state index contributed by atoms with van der Waals surface area (Å²) in [6.07, 6.45) is 1.40. The monoisotopic (exact) mass is 258 g/mol. The number of hydrogen-bond donors (Lipinski definition) is 0. The van der Waals surface area contributed by atoms with Gasteiger partial charge in [0.1, 0.15) is 0 Å². The van der Waals surface area contributed by atoms with Crippen molar-refractivity contribution in [2.45, 2.75) is 52.6 Å². The van der Waals surface area contributed by atoms with Crippen LogP contribution >= 0.6 is 0 Å². The van der Waals surface area contributed by atoms with Gasteiger partial charge in [-0.3, -0.25) is 4.79 Å². The highest BCUT2D eigenvalue weighted by Crippen LogP contribution is 2.22. The van der Waals surface area contributed by atoms with Crippen LogP contribution in [0.1, 0.15) is 40.5 Å². The SMILES string of the molecule is C=C(C)C(=O)CCC[Si](CC)(OCC)OCC. The maximum absolute atomic E-state index is 11.5. The minimum Gasteiger partial charge on any atom is -0.394 e. The Balaban J connectivity index is 4.24. The lowest BCUT2D eigenvalue weighted by molar-refractivity contribution is -0.115. The molecular formula is C13H26O3Si. The fraction of sp³-hybridized carbons (Fsp3) is 0.769. The van der Waals surface area contributed by atoms with E-state index in [0.717, 1.165) is 18.5 Å². The van der Waals surface area contributed by atoms with Crippen LogP contribution in [0.2, 0.25) is 12.1 Å². The number of ketones is 1. The van der Waals surface area contributed by atoms with Gasteiger partial charge in [0.15, 0.2) is 5.78 Å². The fourth-order valence-electron chi connectivity index (χ4n) is 1.82. The highest BCUT2D eigenvalue weighted by atomic mass is 28.4. The van der Waals surface area contributed by atoms with E-state index in [1.54, 1.807) is 6.92 Å². The smallest absolute Gasteiger partial charge is 0.337 e. The van der Waals surface area contributed by atoms with E-state index in [-0.39, 0.29) is 5.78 Å². The number of carbonyl (C=O) groups excluding carboxylic acids is 1. The molecule has 0 heterocycles. The first kappa shape index (κ1) is 16.5. The molecule has 0 aliphatic carbocycles. The summed E-state index contributed by atoms with van der Waals surface area (Å²) in [6.45, 7) is 12.9. The van der Waals surface area contributed by atoms with Crippen molar-refractivity contribution in [3.8, 4) is 0 Å². The Labute approximate surface area is 106 Å². The molecule has 0 aliphatic heterocycles. The van der Waals surface area contributed by atoms with Crippen molar-refractivity contribution in [3.63, 3.8) is 0 Å². The topological polar surface area (TPSA) is 35.5 Å².